The van der Waals surface area contributed by atoms with E-state index in [0.717, 1.165) is 29.1 Å². The highest BCUT2D eigenvalue weighted by Crippen LogP contribution is 2.32. The maximum absolute atomic E-state index is 11.2. The Labute approximate surface area is 101 Å². The summed E-state index contributed by atoms with van der Waals surface area (Å²) in [6.07, 6.45) is 6.19. The third-order valence-corrected chi connectivity index (χ3v) is 3.20. The molecule has 1 rings (SSSR count). The monoisotopic (exact) mass is 324 g/mol. The van der Waals surface area contributed by atoms with Crippen molar-refractivity contribution in [3.63, 3.8) is 0 Å². The average molecular weight is 326 g/mol. The van der Waals surface area contributed by atoms with Gasteiger partial charge in [-0.15, -0.1) is 0 Å². The average Bonchev–Trinajstić information content (AvgIpc) is 2.17. The van der Waals surface area contributed by atoms with Crippen LogP contribution >= 0.6 is 31.9 Å². The molecule has 0 aromatic carbocycles. The highest BCUT2D eigenvalue weighted by atomic mass is 79.9. The van der Waals surface area contributed by atoms with Crippen molar-refractivity contribution in [2.75, 3.05) is 7.11 Å². The Bertz CT molecular complexity index is 226. The van der Waals surface area contributed by atoms with Crippen molar-refractivity contribution in [1.29, 1.82) is 0 Å². The molecule has 0 N–H and O–H groups in total. The van der Waals surface area contributed by atoms with Crippen LogP contribution in [0.1, 0.15) is 25.7 Å². The van der Waals surface area contributed by atoms with Crippen LogP contribution in [0.15, 0.2) is 9.47 Å². The molecule has 2 nitrogen and oxygen atoms in total. The molecule has 0 aromatic rings. The van der Waals surface area contributed by atoms with Crippen LogP contribution in [0.3, 0.4) is 0 Å². The minimum absolute atomic E-state index is 0.0506. The van der Waals surface area contributed by atoms with Crippen molar-refractivity contribution in [2.24, 2.45) is 11.8 Å². The second kappa shape index (κ2) is 5.91. The summed E-state index contributed by atoms with van der Waals surface area (Å²) in [4.78, 5) is 11.2. The molecule has 1 fully saturated rings. The first-order valence-corrected chi connectivity index (χ1v) is 6.32. The molecule has 4 heteroatoms. The fourth-order valence-electron chi connectivity index (χ4n) is 1.87. The van der Waals surface area contributed by atoms with Gasteiger partial charge in [0.15, 0.2) is 0 Å². The predicted molar refractivity (Wildman–Crippen MR) is 63.4 cm³/mol. The molecule has 1 saturated carbocycles. The minimum Gasteiger partial charge on any atom is -0.469 e. The fraction of sp³-hybridized carbons (Fsp3) is 0.700. The molecule has 1 aliphatic carbocycles. The van der Waals surface area contributed by atoms with Gasteiger partial charge < -0.3 is 4.74 Å². The van der Waals surface area contributed by atoms with E-state index >= 15 is 0 Å². The molecule has 0 amide bonds. The molecule has 0 heterocycles. The maximum Gasteiger partial charge on any atom is 0.308 e. The molecular weight excluding hydrogens is 312 g/mol. The number of allylic oxidation sites excluding steroid dienone is 1. The van der Waals surface area contributed by atoms with E-state index in [4.69, 9.17) is 4.74 Å². The molecule has 0 saturated heterocycles. The third-order valence-electron chi connectivity index (χ3n) is 2.67. The van der Waals surface area contributed by atoms with Gasteiger partial charge in [-0.25, -0.2) is 0 Å². The van der Waals surface area contributed by atoms with Crippen molar-refractivity contribution >= 4 is 37.8 Å². The van der Waals surface area contributed by atoms with Crippen molar-refractivity contribution < 1.29 is 9.53 Å². The molecular formula is C10H14Br2O2. The lowest BCUT2D eigenvalue weighted by molar-refractivity contribution is -0.146. The number of esters is 1. The first-order chi connectivity index (χ1) is 6.63. The number of rotatable bonds is 2. The van der Waals surface area contributed by atoms with Gasteiger partial charge in [-0.2, -0.15) is 0 Å². The first kappa shape index (κ1) is 12.2. The van der Waals surface area contributed by atoms with Gasteiger partial charge in [0.05, 0.1) is 16.4 Å². The van der Waals surface area contributed by atoms with E-state index in [2.05, 4.69) is 37.9 Å². The summed E-state index contributed by atoms with van der Waals surface area (Å²) in [5.74, 6) is 0.661. The molecule has 14 heavy (non-hydrogen) atoms. The van der Waals surface area contributed by atoms with Gasteiger partial charge in [0, 0.05) is 0 Å². The molecule has 1 aliphatic rings. The minimum atomic E-state index is -0.0506. The zero-order valence-electron chi connectivity index (χ0n) is 8.13. The SMILES string of the molecule is COC(=O)C1CCC(C=C(Br)Br)CC1. The largest absolute Gasteiger partial charge is 0.469 e. The van der Waals surface area contributed by atoms with Crippen molar-refractivity contribution in [1.82, 2.24) is 0 Å². The van der Waals surface area contributed by atoms with Crippen LogP contribution < -0.4 is 0 Å². The molecule has 0 unspecified atom stereocenters. The lowest BCUT2D eigenvalue weighted by atomic mass is 9.82. The second-order valence-electron chi connectivity index (χ2n) is 3.59. The zero-order chi connectivity index (χ0) is 10.6. The van der Waals surface area contributed by atoms with E-state index in [1.165, 1.54) is 7.11 Å². The summed E-state index contributed by atoms with van der Waals surface area (Å²) in [6.45, 7) is 0. The van der Waals surface area contributed by atoms with Gasteiger partial charge in [0.1, 0.15) is 0 Å². The quantitative estimate of drug-likeness (QED) is 0.725. The molecule has 0 aliphatic heterocycles. The topological polar surface area (TPSA) is 26.3 Å². The van der Waals surface area contributed by atoms with E-state index in [0.29, 0.717) is 5.92 Å². The number of hydrogen-bond donors (Lipinski definition) is 0. The van der Waals surface area contributed by atoms with E-state index in [1.807, 2.05) is 0 Å². The van der Waals surface area contributed by atoms with E-state index in [-0.39, 0.29) is 11.9 Å². The second-order valence-corrected chi connectivity index (χ2v) is 6.36. The standard InChI is InChI=1S/C10H14Br2O2/c1-14-10(13)8-4-2-7(3-5-8)6-9(11)12/h6-8H,2-5H2,1H3. The van der Waals surface area contributed by atoms with Gasteiger partial charge in [-0.3, -0.25) is 4.79 Å². The van der Waals surface area contributed by atoms with E-state index in [1.54, 1.807) is 0 Å². The van der Waals surface area contributed by atoms with Crippen LogP contribution in [-0.4, -0.2) is 13.1 Å². The lowest BCUT2D eigenvalue weighted by Crippen LogP contribution is -2.22. The van der Waals surface area contributed by atoms with Crippen molar-refractivity contribution in [3.8, 4) is 0 Å². The number of carbonyl (C=O) groups excluding carboxylic acids is 1. The molecule has 80 valence electrons. The highest BCUT2D eigenvalue weighted by molar-refractivity contribution is 9.28. The summed E-state index contributed by atoms with van der Waals surface area (Å²) < 4.78 is 5.74. The fourth-order valence-corrected chi connectivity index (χ4v) is 2.61. The normalized spacial score (nSPS) is 26.8. The van der Waals surface area contributed by atoms with Crippen LogP contribution in [0.5, 0.6) is 0 Å². The summed E-state index contributed by atoms with van der Waals surface area (Å²) in [5.41, 5.74) is 0. The zero-order valence-corrected chi connectivity index (χ0v) is 11.3. The van der Waals surface area contributed by atoms with Gasteiger partial charge in [0.25, 0.3) is 0 Å². The summed E-state index contributed by atoms with van der Waals surface area (Å²) >= 11 is 6.71. The van der Waals surface area contributed by atoms with E-state index in [9.17, 15) is 4.79 Å². The van der Waals surface area contributed by atoms with Crippen molar-refractivity contribution in [2.45, 2.75) is 25.7 Å². The van der Waals surface area contributed by atoms with Gasteiger partial charge in [-0.1, -0.05) is 6.08 Å². The molecule has 0 radical (unpaired) electrons. The van der Waals surface area contributed by atoms with Gasteiger partial charge in [0.2, 0.25) is 0 Å². The number of carbonyl (C=O) groups is 1. The van der Waals surface area contributed by atoms with Crippen LogP contribution in [-0.2, 0) is 9.53 Å². The number of ether oxygens (including phenoxy) is 1. The van der Waals surface area contributed by atoms with Crippen LogP contribution in [0.2, 0.25) is 0 Å². The number of halogens is 2. The predicted octanol–water partition coefficient (Wildman–Crippen LogP) is 3.60. The Hall–Kier alpha value is 0.170. The smallest absolute Gasteiger partial charge is 0.308 e. The molecule has 0 atom stereocenters. The van der Waals surface area contributed by atoms with Gasteiger partial charge >= 0.3 is 5.97 Å². The van der Waals surface area contributed by atoms with E-state index < -0.39 is 0 Å². The summed E-state index contributed by atoms with van der Waals surface area (Å²) in [6, 6.07) is 0. The Balaban J connectivity index is 2.38. The van der Waals surface area contributed by atoms with Crippen LogP contribution in [0.25, 0.3) is 0 Å². The maximum atomic E-state index is 11.2. The van der Waals surface area contributed by atoms with Gasteiger partial charge in [-0.05, 0) is 63.5 Å². The number of hydrogen-bond acceptors (Lipinski definition) is 2. The van der Waals surface area contributed by atoms with Crippen molar-refractivity contribution in [3.05, 3.63) is 9.47 Å². The Morgan fingerprint density at radius 1 is 1.29 bits per heavy atom. The lowest BCUT2D eigenvalue weighted by Gasteiger charge is -2.24. The van der Waals surface area contributed by atoms with Crippen LogP contribution in [0.4, 0.5) is 0 Å². The molecule has 0 bridgehead atoms. The third kappa shape index (κ3) is 3.73. The number of methoxy groups -OCH3 is 1. The first-order valence-electron chi connectivity index (χ1n) is 4.74. The molecule has 0 spiro atoms. The summed E-state index contributed by atoms with van der Waals surface area (Å²) in [7, 11) is 1.46. The van der Waals surface area contributed by atoms with Crippen LogP contribution in [0, 0.1) is 11.8 Å². The molecule has 0 aromatic heterocycles. The Kier molecular flexibility index (Phi) is 5.17. The Morgan fingerprint density at radius 2 is 1.86 bits per heavy atom. The Morgan fingerprint density at radius 3 is 2.29 bits per heavy atom. The summed E-state index contributed by atoms with van der Waals surface area (Å²) in [5, 5.41) is 0. The highest BCUT2D eigenvalue weighted by Gasteiger charge is 2.25.